The summed E-state index contributed by atoms with van der Waals surface area (Å²) in [6, 6.07) is 2.18. The summed E-state index contributed by atoms with van der Waals surface area (Å²) in [7, 11) is 1.62. The fourth-order valence-electron chi connectivity index (χ4n) is 1.40. The maximum atomic E-state index is 9.02. The molecular formula is C8H14N2O2. The Kier molecular flexibility index (Phi) is 3.04. The molecule has 1 aliphatic heterocycles. The number of hydrogen-bond acceptors (Lipinski definition) is 4. The zero-order valence-corrected chi connectivity index (χ0v) is 7.29. The van der Waals surface area contributed by atoms with Crippen molar-refractivity contribution in [1.29, 1.82) is 5.26 Å². The molecule has 1 rings (SSSR count). The first-order valence-corrected chi connectivity index (χ1v) is 4.07. The Morgan fingerprint density at radius 1 is 1.58 bits per heavy atom. The first-order valence-electron chi connectivity index (χ1n) is 4.07. The Morgan fingerprint density at radius 3 is 2.50 bits per heavy atom. The topological polar surface area (TPSA) is 56.5 Å². The van der Waals surface area contributed by atoms with Crippen molar-refractivity contribution in [3.05, 3.63) is 0 Å². The monoisotopic (exact) mass is 170 g/mol. The van der Waals surface area contributed by atoms with Crippen LogP contribution in [0.4, 0.5) is 0 Å². The number of rotatable bonds is 2. The van der Waals surface area contributed by atoms with Crippen molar-refractivity contribution in [2.24, 2.45) is 5.41 Å². The average molecular weight is 170 g/mol. The maximum Gasteiger partial charge on any atom is 0.0830 e. The van der Waals surface area contributed by atoms with Gasteiger partial charge < -0.3 is 9.94 Å². The van der Waals surface area contributed by atoms with Crippen molar-refractivity contribution in [3.8, 4) is 6.07 Å². The van der Waals surface area contributed by atoms with E-state index in [1.165, 1.54) is 0 Å². The summed E-state index contributed by atoms with van der Waals surface area (Å²) in [5, 5.41) is 19.7. The molecule has 0 aromatic rings. The summed E-state index contributed by atoms with van der Waals surface area (Å²) < 4.78 is 0. The maximum absolute atomic E-state index is 9.02. The van der Waals surface area contributed by atoms with Gasteiger partial charge >= 0.3 is 0 Å². The van der Waals surface area contributed by atoms with Gasteiger partial charge in [0.05, 0.1) is 25.2 Å². The lowest BCUT2D eigenvalue weighted by molar-refractivity contribution is -0.156. The van der Waals surface area contributed by atoms with Gasteiger partial charge in [-0.25, -0.2) is 0 Å². The van der Waals surface area contributed by atoms with E-state index in [0.717, 1.165) is 13.1 Å². The molecule has 1 heterocycles. The van der Waals surface area contributed by atoms with Crippen LogP contribution < -0.4 is 0 Å². The van der Waals surface area contributed by atoms with Gasteiger partial charge in [-0.1, -0.05) is 0 Å². The van der Waals surface area contributed by atoms with Crippen LogP contribution in [-0.2, 0) is 4.84 Å². The number of piperidine rings is 1. The van der Waals surface area contributed by atoms with Crippen LogP contribution in [0.25, 0.3) is 0 Å². The van der Waals surface area contributed by atoms with Gasteiger partial charge in [0.25, 0.3) is 0 Å². The molecule has 0 aromatic heterocycles. The van der Waals surface area contributed by atoms with E-state index in [4.69, 9.17) is 15.2 Å². The van der Waals surface area contributed by atoms with Crippen molar-refractivity contribution in [2.45, 2.75) is 12.8 Å². The summed E-state index contributed by atoms with van der Waals surface area (Å²) in [5.74, 6) is 0. The van der Waals surface area contributed by atoms with Crippen LogP contribution >= 0.6 is 0 Å². The summed E-state index contributed by atoms with van der Waals surface area (Å²) in [6.45, 7) is 1.41. The zero-order chi connectivity index (χ0) is 9.03. The molecule has 4 nitrogen and oxygen atoms in total. The van der Waals surface area contributed by atoms with E-state index in [9.17, 15) is 0 Å². The Hall–Kier alpha value is -0.630. The molecule has 0 unspecified atom stereocenters. The molecule has 1 aliphatic rings. The van der Waals surface area contributed by atoms with E-state index in [1.54, 1.807) is 7.11 Å². The van der Waals surface area contributed by atoms with E-state index in [1.807, 2.05) is 5.06 Å². The molecule has 0 spiro atoms. The SMILES string of the molecule is CON1CCC(C#N)(CO)CC1. The van der Waals surface area contributed by atoms with E-state index in [2.05, 4.69) is 6.07 Å². The van der Waals surface area contributed by atoms with E-state index in [-0.39, 0.29) is 6.61 Å². The first kappa shape index (κ1) is 9.46. The molecule has 0 atom stereocenters. The second kappa shape index (κ2) is 3.85. The third-order valence-electron chi connectivity index (χ3n) is 2.48. The van der Waals surface area contributed by atoms with Crippen LogP contribution in [0.1, 0.15) is 12.8 Å². The number of hydrogen-bond donors (Lipinski definition) is 1. The Balaban J connectivity index is 2.49. The Labute approximate surface area is 72.3 Å². The third kappa shape index (κ3) is 1.75. The zero-order valence-electron chi connectivity index (χ0n) is 7.29. The molecule has 0 saturated carbocycles. The largest absolute Gasteiger partial charge is 0.395 e. The molecule has 0 radical (unpaired) electrons. The molecule has 0 aliphatic carbocycles. The highest BCUT2D eigenvalue weighted by molar-refractivity contribution is 5.00. The lowest BCUT2D eigenvalue weighted by Gasteiger charge is -2.34. The summed E-state index contributed by atoms with van der Waals surface area (Å²) in [6.07, 6.45) is 1.38. The van der Waals surface area contributed by atoms with Gasteiger partial charge in [-0.15, -0.1) is 0 Å². The van der Waals surface area contributed by atoms with Gasteiger partial charge in [-0.2, -0.15) is 10.3 Å². The van der Waals surface area contributed by atoms with Crippen molar-refractivity contribution >= 4 is 0 Å². The van der Waals surface area contributed by atoms with Gasteiger partial charge in [0, 0.05) is 13.1 Å². The standard InChI is InChI=1S/C8H14N2O2/c1-12-10-4-2-8(6-9,7-11)3-5-10/h11H,2-5,7H2,1H3. The van der Waals surface area contributed by atoms with Crippen LogP contribution in [0.15, 0.2) is 0 Å². The minimum atomic E-state index is -0.519. The van der Waals surface area contributed by atoms with Crippen molar-refractivity contribution in [1.82, 2.24) is 5.06 Å². The minimum absolute atomic E-state index is 0.0406. The first-order chi connectivity index (χ1) is 5.76. The van der Waals surface area contributed by atoms with Crippen LogP contribution in [0, 0.1) is 16.7 Å². The van der Waals surface area contributed by atoms with Crippen molar-refractivity contribution < 1.29 is 9.94 Å². The molecule has 1 saturated heterocycles. The van der Waals surface area contributed by atoms with Gasteiger partial charge in [0.2, 0.25) is 0 Å². The number of hydroxylamine groups is 2. The summed E-state index contributed by atoms with van der Waals surface area (Å²) >= 11 is 0. The average Bonchev–Trinajstić information content (AvgIpc) is 2.18. The number of aliphatic hydroxyl groups excluding tert-OH is 1. The number of nitriles is 1. The van der Waals surface area contributed by atoms with Crippen molar-refractivity contribution in [2.75, 3.05) is 26.8 Å². The van der Waals surface area contributed by atoms with Crippen LogP contribution in [0.2, 0.25) is 0 Å². The van der Waals surface area contributed by atoms with Crippen LogP contribution in [0.3, 0.4) is 0 Å². The number of nitrogens with zero attached hydrogens (tertiary/aromatic N) is 2. The molecule has 0 bridgehead atoms. The molecule has 0 aromatic carbocycles. The highest BCUT2D eigenvalue weighted by atomic mass is 16.7. The lowest BCUT2D eigenvalue weighted by atomic mass is 9.81. The van der Waals surface area contributed by atoms with Crippen molar-refractivity contribution in [3.63, 3.8) is 0 Å². The molecular weight excluding hydrogens is 156 g/mol. The van der Waals surface area contributed by atoms with Gasteiger partial charge in [-0.05, 0) is 12.8 Å². The quantitative estimate of drug-likeness (QED) is 0.640. The summed E-state index contributed by atoms with van der Waals surface area (Å²) in [5.41, 5.74) is -0.519. The Bertz CT molecular complexity index is 180. The second-order valence-electron chi connectivity index (χ2n) is 3.16. The minimum Gasteiger partial charge on any atom is -0.395 e. The van der Waals surface area contributed by atoms with Gasteiger partial charge in [0.1, 0.15) is 0 Å². The summed E-state index contributed by atoms with van der Waals surface area (Å²) in [4.78, 5) is 5.02. The predicted molar refractivity (Wildman–Crippen MR) is 42.9 cm³/mol. The Morgan fingerprint density at radius 2 is 2.17 bits per heavy atom. The highest BCUT2D eigenvalue weighted by Gasteiger charge is 2.34. The second-order valence-corrected chi connectivity index (χ2v) is 3.16. The fraction of sp³-hybridized carbons (Fsp3) is 0.875. The smallest absolute Gasteiger partial charge is 0.0830 e. The highest BCUT2D eigenvalue weighted by Crippen LogP contribution is 2.29. The van der Waals surface area contributed by atoms with Gasteiger partial charge in [-0.3, -0.25) is 0 Å². The van der Waals surface area contributed by atoms with E-state index < -0.39 is 5.41 Å². The molecule has 1 N–H and O–H groups in total. The molecule has 68 valence electrons. The molecule has 0 amide bonds. The van der Waals surface area contributed by atoms with E-state index >= 15 is 0 Å². The lowest BCUT2D eigenvalue weighted by Crippen LogP contribution is -2.40. The number of aliphatic hydroxyl groups is 1. The molecule has 4 heteroatoms. The van der Waals surface area contributed by atoms with Crippen LogP contribution in [0.5, 0.6) is 0 Å². The van der Waals surface area contributed by atoms with Gasteiger partial charge in [0.15, 0.2) is 0 Å². The fourth-order valence-corrected chi connectivity index (χ4v) is 1.40. The van der Waals surface area contributed by atoms with Crippen LogP contribution in [-0.4, -0.2) is 37.0 Å². The normalized spacial score (nSPS) is 23.4. The molecule has 12 heavy (non-hydrogen) atoms. The predicted octanol–water partition coefficient (Wildman–Crippen LogP) is 0.146. The van der Waals surface area contributed by atoms with E-state index in [0.29, 0.717) is 12.8 Å². The third-order valence-corrected chi connectivity index (χ3v) is 2.48. The molecule has 1 fully saturated rings.